The highest BCUT2D eigenvalue weighted by Gasteiger charge is 2.64. The molecule has 1 spiro atoms. The largest absolute Gasteiger partial charge is 0.348 e. The van der Waals surface area contributed by atoms with E-state index in [0.29, 0.717) is 17.8 Å². The Morgan fingerprint density at radius 2 is 1.75 bits per heavy atom. The van der Waals surface area contributed by atoms with E-state index < -0.39 is 0 Å². The van der Waals surface area contributed by atoms with Crippen LogP contribution in [0.15, 0.2) is 33.4 Å². The second-order valence-corrected chi connectivity index (χ2v) is 12.6. The first kappa shape index (κ1) is 19.7. The van der Waals surface area contributed by atoms with Gasteiger partial charge >= 0.3 is 11.4 Å². The summed E-state index contributed by atoms with van der Waals surface area (Å²) in [4.78, 5) is 28.2. The van der Waals surface area contributed by atoms with Crippen LogP contribution in [0.25, 0.3) is 0 Å². The fourth-order valence-corrected chi connectivity index (χ4v) is 9.25. The van der Waals surface area contributed by atoms with Crippen LogP contribution in [-0.4, -0.2) is 13.9 Å². The fourth-order valence-electron chi connectivity index (χ4n) is 9.25. The Bertz CT molecular complexity index is 1180. The standard InChI is InChI=1S/C27H37N3O2/c1-25(2)18-10-13-26(25,3)21(16-18)28-23(31)29-20-11-14-27(30(29)24(28)32)12-8-6-4-5-7-9-17-15-19(20)22(17)27/h11,14-15,18-22H,4-10,12-13,16H2,1-3H3/t18-,19-,20-,21+,22-,26-,27+/m0/s1. The highest BCUT2D eigenvalue weighted by molar-refractivity contribution is 5.38. The van der Waals surface area contributed by atoms with Crippen molar-refractivity contribution in [3.63, 3.8) is 0 Å². The molecule has 32 heavy (non-hydrogen) atoms. The van der Waals surface area contributed by atoms with Crippen molar-refractivity contribution in [1.29, 1.82) is 0 Å². The smallest absolute Gasteiger partial charge is 0.246 e. The number of nitrogens with zero attached hydrogens (tertiary/aromatic N) is 3. The molecule has 5 nitrogen and oxygen atoms in total. The van der Waals surface area contributed by atoms with Crippen LogP contribution in [-0.2, 0) is 5.54 Å². The molecule has 7 aliphatic rings. The zero-order valence-electron chi connectivity index (χ0n) is 19.8. The predicted octanol–water partition coefficient (Wildman–Crippen LogP) is 4.94. The fraction of sp³-hybridized carbons (Fsp3) is 0.778. The van der Waals surface area contributed by atoms with Gasteiger partial charge in [0.25, 0.3) is 0 Å². The van der Waals surface area contributed by atoms with E-state index in [4.69, 9.17) is 0 Å². The SMILES string of the molecule is CC1(C)[C@H]2CC[C@@]1(C)[C@H](n1c(=O)n3n(c1=O)[C@@]14C=C[C@H]3[C@@H]3C=C(CCCCCCC1)[C@@H]34)C2. The van der Waals surface area contributed by atoms with Crippen molar-refractivity contribution in [2.45, 2.75) is 103 Å². The van der Waals surface area contributed by atoms with Gasteiger partial charge in [-0.3, -0.25) is 0 Å². The Morgan fingerprint density at radius 3 is 2.50 bits per heavy atom. The van der Waals surface area contributed by atoms with Crippen LogP contribution in [0.2, 0.25) is 0 Å². The summed E-state index contributed by atoms with van der Waals surface area (Å²) in [5.74, 6) is 1.40. The summed E-state index contributed by atoms with van der Waals surface area (Å²) >= 11 is 0. The molecule has 172 valence electrons. The summed E-state index contributed by atoms with van der Waals surface area (Å²) < 4.78 is 5.59. The first-order valence-corrected chi connectivity index (χ1v) is 13.2. The van der Waals surface area contributed by atoms with Crippen LogP contribution in [0, 0.1) is 28.6 Å². The Hall–Kier alpha value is -1.78. The molecule has 3 heterocycles. The number of allylic oxidation sites excluding steroid dienone is 4. The normalized spacial score (nSPS) is 45.2. The minimum Gasteiger partial charge on any atom is -0.246 e. The van der Waals surface area contributed by atoms with Gasteiger partial charge in [-0.25, -0.2) is 23.5 Å². The molecule has 3 fully saturated rings. The molecule has 5 heteroatoms. The third kappa shape index (κ3) is 2.00. The average Bonchev–Trinajstić information content (AvgIpc) is 3.22. The Labute approximate surface area is 190 Å². The highest BCUT2D eigenvalue weighted by Crippen LogP contribution is 2.69. The maximum atomic E-state index is 14.2. The Balaban J connectivity index is 1.42. The van der Waals surface area contributed by atoms with Crippen molar-refractivity contribution >= 4 is 0 Å². The number of aromatic nitrogens is 3. The molecule has 0 amide bonds. The van der Waals surface area contributed by atoms with Gasteiger partial charge in [0.2, 0.25) is 0 Å². The third-order valence-corrected chi connectivity index (χ3v) is 11.5. The van der Waals surface area contributed by atoms with Crippen LogP contribution >= 0.6 is 0 Å². The van der Waals surface area contributed by atoms with E-state index in [0.717, 1.165) is 25.7 Å². The van der Waals surface area contributed by atoms with Crippen molar-refractivity contribution in [2.75, 3.05) is 0 Å². The summed E-state index contributed by atoms with van der Waals surface area (Å²) in [6, 6.07) is 0.0386. The number of hydrogen-bond acceptors (Lipinski definition) is 2. The summed E-state index contributed by atoms with van der Waals surface area (Å²) in [6.07, 6.45) is 18.8. The predicted molar refractivity (Wildman–Crippen MR) is 125 cm³/mol. The molecular weight excluding hydrogens is 398 g/mol. The van der Waals surface area contributed by atoms with Crippen molar-refractivity contribution in [3.8, 4) is 0 Å². The molecular formula is C27H37N3O2. The zero-order valence-corrected chi connectivity index (χ0v) is 19.8. The Kier molecular flexibility index (Phi) is 3.69. The maximum absolute atomic E-state index is 14.2. The second-order valence-electron chi connectivity index (χ2n) is 12.6. The van der Waals surface area contributed by atoms with Gasteiger partial charge in [-0.15, -0.1) is 0 Å². The molecule has 0 radical (unpaired) electrons. The summed E-state index contributed by atoms with van der Waals surface area (Å²) in [6.45, 7) is 7.08. The zero-order chi connectivity index (χ0) is 22.0. The quantitative estimate of drug-likeness (QED) is 0.587. The molecule has 1 aromatic rings. The second kappa shape index (κ2) is 6.01. The summed E-state index contributed by atoms with van der Waals surface area (Å²) in [5, 5.41) is 0. The van der Waals surface area contributed by atoms with Gasteiger partial charge in [-0.1, -0.05) is 70.3 Å². The van der Waals surface area contributed by atoms with E-state index in [1.54, 1.807) is 10.1 Å². The Morgan fingerprint density at radius 1 is 0.969 bits per heavy atom. The van der Waals surface area contributed by atoms with Gasteiger partial charge in [-0.2, -0.15) is 0 Å². The van der Waals surface area contributed by atoms with Crippen molar-refractivity contribution in [1.82, 2.24) is 13.9 Å². The van der Waals surface area contributed by atoms with Crippen LogP contribution in [0.1, 0.15) is 97.1 Å². The monoisotopic (exact) mass is 435 g/mol. The summed E-state index contributed by atoms with van der Waals surface area (Å²) in [7, 11) is 0. The molecule has 2 aliphatic heterocycles. The molecule has 8 rings (SSSR count). The molecule has 7 atom stereocenters. The van der Waals surface area contributed by atoms with Gasteiger partial charge in [0, 0.05) is 17.9 Å². The maximum Gasteiger partial charge on any atom is 0.348 e. The molecule has 0 unspecified atom stereocenters. The van der Waals surface area contributed by atoms with E-state index in [2.05, 4.69) is 39.0 Å². The lowest BCUT2D eigenvalue weighted by Gasteiger charge is -2.58. The first-order chi connectivity index (χ1) is 15.3. The van der Waals surface area contributed by atoms with Crippen molar-refractivity contribution < 1.29 is 0 Å². The van der Waals surface area contributed by atoms with Crippen LogP contribution < -0.4 is 11.4 Å². The van der Waals surface area contributed by atoms with Crippen molar-refractivity contribution in [3.05, 3.63) is 44.8 Å². The molecule has 0 aromatic carbocycles. The minimum atomic E-state index is -0.337. The van der Waals surface area contributed by atoms with E-state index in [-0.39, 0.29) is 39.8 Å². The number of fused-ring (bicyclic) bond motifs is 2. The lowest BCUT2D eigenvalue weighted by atomic mass is 9.55. The van der Waals surface area contributed by atoms with E-state index in [1.165, 1.54) is 38.5 Å². The van der Waals surface area contributed by atoms with Crippen LogP contribution in [0.3, 0.4) is 0 Å². The third-order valence-electron chi connectivity index (χ3n) is 11.5. The number of rotatable bonds is 1. The first-order valence-electron chi connectivity index (χ1n) is 13.2. The van der Waals surface area contributed by atoms with Crippen LogP contribution in [0.4, 0.5) is 0 Å². The van der Waals surface area contributed by atoms with Gasteiger partial charge in [0.05, 0.1) is 11.6 Å². The minimum absolute atomic E-state index is 0.00872. The molecule has 1 aromatic heterocycles. The van der Waals surface area contributed by atoms with Gasteiger partial charge in [0.1, 0.15) is 0 Å². The van der Waals surface area contributed by atoms with Gasteiger partial charge in [-0.05, 0) is 55.3 Å². The number of hydrogen-bond donors (Lipinski definition) is 0. The lowest BCUT2D eigenvalue weighted by Crippen LogP contribution is -2.62. The molecule has 5 aliphatic carbocycles. The average molecular weight is 436 g/mol. The highest BCUT2D eigenvalue weighted by atomic mass is 16.2. The van der Waals surface area contributed by atoms with Crippen molar-refractivity contribution in [2.24, 2.45) is 28.6 Å². The summed E-state index contributed by atoms with van der Waals surface area (Å²) in [5.41, 5.74) is 1.34. The topological polar surface area (TPSA) is 48.9 Å². The van der Waals surface area contributed by atoms with E-state index in [9.17, 15) is 9.59 Å². The van der Waals surface area contributed by atoms with Gasteiger partial charge in [0.15, 0.2) is 0 Å². The molecule has 0 N–H and O–H groups in total. The molecule has 3 saturated carbocycles. The molecule has 0 saturated heterocycles. The van der Waals surface area contributed by atoms with E-state index >= 15 is 0 Å². The van der Waals surface area contributed by atoms with Gasteiger partial charge < -0.3 is 0 Å². The van der Waals surface area contributed by atoms with E-state index in [1.807, 2.05) is 9.36 Å². The molecule has 4 bridgehead atoms. The van der Waals surface area contributed by atoms with Crippen LogP contribution in [0.5, 0.6) is 0 Å². The lowest BCUT2D eigenvalue weighted by molar-refractivity contribution is 0.0306.